The largest absolute Gasteiger partial charge is 0.335 e. The predicted molar refractivity (Wildman–Crippen MR) is 86.1 cm³/mol. The first-order chi connectivity index (χ1) is 10.1. The summed E-state index contributed by atoms with van der Waals surface area (Å²) in [6.45, 7) is 3.16. The van der Waals surface area contributed by atoms with Gasteiger partial charge in [0.25, 0.3) is 0 Å². The molecule has 3 fully saturated rings. The van der Waals surface area contributed by atoms with E-state index in [9.17, 15) is 4.79 Å². The van der Waals surface area contributed by atoms with Crippen LogP contribution in [0.3, 0.4) is 0 Å². The predicted octanol–water partition coefficient (Wildman–Crippen LogP) is 4.03. The van der Waals surface area contributed by atoms with Gasteiger partial charge < -0.3 is 10.2 Å². The second kappa shape index (κ2) is 6.58. The smallest absolute Gasteiger partial charge is 0.317 e. The lowest BCUT2D eigenvalue weighted by Crippen LogP contribution is -2.47. The first-order valence-electron chi connectivity index (χ1n) is 9.15. The van der Waals surface area contributed by atoms with Crippen LogP contribution in [-0.2, 0) is 0 Å². The molecule has 1 N–H and O–H groups in total. The summed E-state index contributed by atoms with van der Waals surface area (Å²) in [5, 5.41) is 3.28. The third kappa shape index (κ3) is 3.54. The molecule has 3 nitrogen and oxygen atoms in total. The highest BCUT2D eigenvalue weighted by Crippen LogP contribution is 2.49. The van der Waals surface area contributed by atoms with Gasteiger partial charge >= 0.3 is 6.03 Å². The molecule has 2 bridgehead atoms. The zero-order chi connectivity index (χ0) is 14.8. The van der Waals surface area contributed by atoms with Crippen LogP contribution < -0.4 is 5.32 Å². The van der Waals surface area contributed by atoms with E-state index < -0.39 is 0 Å². The van der Waals surface area contributed by atoms with Gasteiger partial charge in [0.1, 0.15) is 0 Å². The highest BCUT2D eigenvalue weighted by Gasteiger charge is 2.42. The molecule has 120 valence electrons. The van der Waals surface area contributed by atoms with E-state index in [2.05, 4.69) is 12.2 Å². The highest BCUT2D eigenvalue weighted by atomic mass is 16.2. The molecule has 3 aliphatic carbocycles. The molecule has 0 aromatic heterocycles. The summed E-state index contributed by atoms with van der Waals surface area (Å²) in [7, 11) is 1.97. The minimum absolute atomic E-state index is 0.149. The standard InChI is InChI=1S/C18H32N2O/c1-13(17-11-15-8-9-16(17)10-15)19-18(21)20(2)12-14-6-4-3-5-7-14/h13-17H,3-12H2,1-2H3,(H,19,21). The zero-order valence-corrected chi connectivity index (χ0v) is 13.8. The van der Waals surface area contributed by atoms with Gasteiger partial charge in [0, 0.05) is 19.6 Å². The molecule has 0 aliphatic heterocycles. The van der Waals surface area contributed by atoms with Crippen molar-refractivity contribution in [3.05, 3.63) is 0 Å². The van der Waals surface area contributed by atoms with E-state index in [-0.39, 0.29) is 6.03 Å². The Morgan fingerprint density at radius 3 is 2.52 bits per heavy atom. The molecule has 3 saturated carbocycles. The van der Waals surface area contributed by atoms with E-state index in [0.29, 0.717) is 6.04 Å². The number of carbonyl (C=O) groups excluding carboxylic acids is 1. The molecule has 0 aromatic rings. The summed E-state index contributed by atoms with van der Waals surface area (Å²) in [6.07, 6.45) is 12.3. The minimum atomic E-state index is 0.149. The molecule has 3 heteroatoms. The Bertz CT molecular complexity index is 364. The Morgan fingerprint density at radius 2 is 1.90 bits per heavy atom. The second-order valence-corrected chi connectivity index (χ2v) is 7.96. The van der Waals surface area contributed by atoms with Gasteiger partial charge in [0.05, 0.1) is 0 Å². The first kappa shape index (κ1) is 15.2. The number of fused-ring (bicyclic) bond motifs is 2. The number of rotatable bonds is 4. The molecule has 21 heavy (non-hydrogen) atoms. The molecular formula is C18H32N2O. The first-order valence-corrected chi connectivity index (χ1v) is 9.15. The van der Waals surface area contributed by atoms with Crippen molar-refractivity contribution in [2.75, 3.05) is 13.6 Å². The number of hydrogen-bond acceptors (Lipinski definition) is 1. The average Bonchev–Trinajstić information content (AvgIpc) is 3.11. The second-order valence-electron chi connectivity index (χ2n) is 7.96. The SMILES string of the molecule is CC(NC(=O)N(C)CC1CCCCC1)C1CC2CCC1C2. The van der Waals surface area contributed by atoms with Crippen LogP contribution in [0.25, 0.3) is 0 Å². The molecule has 0 heterocycles. The Labute approximate surface area is 129 Å². The summed E-state index contributed by atoms with van der Waals surface area (Å²) >= 11 is 0. The molecule has 4 unspecified atom stereocenters. The van der Waals surface area contributed by atoms with Gasteiger partial charge in [-0.3, -0.25) is 0 Å². The van der Waals surface area contributed by atoms with E-state index in [0.717, 1.165) is 30.2 Å². The maximum atomic E-state index is 12.4. The van der Waals surface area contributed by atoms with Crippen molar-refractivity contribution in [1.82, 2.24) is 10.2 Å². The van der Waals surface area contributed by atoms with Crippen molar-refractivity contribution in [2.24, 2.45) is 23.7 Å². The molecule has 0 radical (unpaired) electrons. The van der Waals surface area contributed by atoms with Crippen LogP contribution in [0.4, 0.5) is 4.79 Å². The molecule has 0 saturated heterocycles. The quantitative estimate of drug-likeness (QED) is 0.833. The number of urea groups is 1. The van der Waals surface area contributed by atoms with E-state index in [1.54, 1.807) is 0 Å². The van der Waals surface area contributed by atoms with Crippen molar-refractivity contribution in [3.8, 4) is 0 Å². The summed E-state index contributed by atoms with van der Waals surface area (Å²) in [6, 6.07) is 0.498. The number of amides is 2. The monoisotopic (exact) mass is 292 g/mol. The normalized spacial score (nSPS) is 33.9. The van der Waals surface area contributed by atoms with Gasteiger partial charge in [-0.05, 0) is 62.7 Å². The topological polar surface area (TPSA) is 32.3 Å². The van der Waals surface area contributed by atoms with E-state index >= 15 is 0 Å². The van der Waals surface area contributed by atoms with Crippen molar-refractivity contribution >= 4 is 6.03 Å². The van der Waals surface area contributed by atoms with Crippen molar-refractivity contribution in [1.29, 1.82) is 0 Å². The third-order valence-electron chi connectivity index (χ3n) is 6.39. The van der Waals surface area contributed by atoms with Crippen LogP contribution in [0.15, 0.2) is 0 Å². The maximum absolute atomic E-state index is 12.4. The molecule has 4 atom stereocenters. The molecule has 0 spiro atoms. The van der Waals surface area contributed by atoms with Gasteiger partial charge in [-0.2, -0.15) is 0 Å². The van der Waals surface area contributed by atoms with Gasteiger partial charge in [-0.25, -0.2) is 4.79 Å². The van der Waals surface area contributed by atoms with Gasteiger partial charge in [-0.15, -0.1) is 0 Å². The molecule has 3 rings (SSSR count). The lowest BCUT2D eigenvalue weighted by atomic mass is 9.84. The maximum Gasteiger partial charge on any atom is 0.317 e. The summed E-state index contributed by atoms with van der Waals surface area (Å²) < 4.78 is 0. The third-order valence-corrected chi connectivity index (χ3v) is 6.39. The number of nitrogens with one attached hydrogen (secondary N) is 1. The van der Waals surface area contributed by atoms with E-state index in [1.807, 2.05) is 11.9 Å². The van der Waals surface area contributed by atoms with E-state index in [1.165, 1.54) is 57.8 Å². The Kier molecular flexibility index (Phi) is 4.75. The number of hydrogen-bond donors (Lipinski definition) is 1. The minimum Gasteiger partial charge on any atom is -0.335 e. The summed E-state index contributed by atoms with van der Waals surface area (Å²) in [4.78, 5) is 14.3. The van der Waals surface area contributed by atoms with Crippen LogP contribution >= 0.6 is 0 Å². The van der Waals surface area contributed by atoms with Crippen LogP contribution in [0.2, 0.25) is 0 Å². The fourth-order valence-electron chi connectivity index (χ4n) is 5.16. The molecule has 2 amide bonds. The van der Waals surface area contributed by atoms with Crippen LogP contribution in [0.1, 0.15) is 64.7 Å². The van der Waals surface area contributed by atoms with Crippen molar-refractivity contribution in [3.63, 3.8) is 0 Å². The van der Waals surface area contributed by atoms with Gasteiger partial charge in [0.2, 0.25) is 0 Å². The summed E-state index contributed by atoms with van der Waals surface area (Å²) in [5.41, 5.74) is 0. The van der Waals surface area contributed by atoms with E-state index in [4.69, 9.17) is 0 Å². The lowest BCUT2D eigenvalue weighted by molar-refractivity contribution is 0.179. The number of carbonyl (C=O) groups is 1. The molecular weight excluding hydrogens is 260 g/mol. The molecule has 3 aliphatic rings. The molecule has 0 aromatic carbocycles. The van der Waals surface area contributed by atoms with Crippen LogP contribution in [0.5, 0.6) is 0 Å². The zero-order valence-electron chi connectivity index (χ0n) is 13.8. The summed E-state index contributed by atoms with van der Waals surface area (Å²) in [5.74, 6) is 3.30. The van der Waals surface area contributed by atoms with Crippen LogP contribution in [-0.4, -0.2) is 30.6 Å². The highest BCUT2D eigenvalue weighted by molar-refractivity contribution is 5.74. The van der Waals surface area contributed by atoms with Crippen molar-refractivity contribution in [2.45, 2.75) is 70.8 Å². The van der Waals surface area contributed by atoms with Crippen LogP contribution in [0, 0.1) is 23.7 Å². The van der Waals surface area contributed by atoms with Gasteiger partial charge in [0.15, 0.2) is 0 Å². The Morgan fingerprint density at radius 1 is 1.14 bits per heavy atom. The lowest BCUT2D eigenvalue weighted by Gasteiger charge is -2.32. The Balaban J connectivity index is 1.44. The average molecular weight is 292 g/mol. The fourth-order valence-corrected chi connectivity index (χ4v) is 5.16. The number of nitrogens with zero attached hydrogens (tertiary/aromatic N) is 1. The van der Waals surface area contributed by atoms with Gasteiger partial charge in [-0.1, -0.05) is 25.7 Å². The van der Waals surface area contributed by atoms with Crippen molar-refractivity contribution < 1.29 is 4.79 Å². The Hall–Kier alpha value is -0.730. The fraction of sp³-hybridized carbons (Fsp3) is 0.944.